The smallest absolute Gasteiger partial charge is 0.245 e. The number of pyridine rings is 1. The molecule has 0 radical (unpaired) electrons. The molecule has 158 valence electrons. The molecular formula is C21H25N5O3S. The SMILES string of the molecule is CCn1cnnc1C1CN(S(=O)(=O)c2cccc3cccnc23)CC12CCOCC2. The molecule has 0 amide bonds. The molecule has 0 aliphatic carbocycles. The lowest BCUT2D eigenvalue weighted by atomic mass is 9.72. The second-order valence-electron chi connectivity index (χ2n) is 8.13. The highest BCUT2D eigenvalue weighted by atomic mass is 32.2. The van der Waals surface area contributed by atoms with Gasteiger partial charge in [0.2, 0.25) is 10.0 Å². The van der Waals surface area contributed by atoms with Crippen molar-refractivity contribution >= 4 is 20.9 Å². The summed E-state index contributed by atoms with van der Waals surface area (Å²) < 4.78 is 36.8. The molecular weight excluding hydrogens is 402 g/mol. The number of ether oxygens (including phenoxy) is 1. The zero-order valence-corrected chi connectivity index (χ0v) is 17.8. The van der Waals surface area contributed by atoms with Crippen molar-refractivity contribution in [3.8, 4) is 0 Å². The number of hydrogen-bond acceptors (Lipinski definition) is 6. The second-order valence-corrected chi connectivity index (χ2v) is 10.0. The summed E-state index contributed by atoms with van der Waals surface area (Å²) in [6, 6.07) is 9.03. The fraction of sp³-hybridized carbons (Fsp3) is 0.476. The van der Waals surface area contributed by atoms with Crippen LogP contribution in [0.2, 0.25) is 0 Å². The largest absolute Gasteiger partial charge is 0.381 e. The van der Waals surface area contributed by atoms with E-state index in [2.05, 4.69) is 22.1 Å². The molecule has 1 aromatic carbocycles. The van der Waals surface area contributed by atoms with Gasteiger partial charge in [0, 0.05) is 50.3 Å². The molecule has 1 spiro atoms. The van der Waals surface area contributed by atoms with Gasteiger partial charge in [0.05, 0.1) is 5.52 Å². The summed E-state index contributed by atoms with van der Waals surface area (Å²) in [6.45, 7) is 4.94. The van der Waals surface area contributed by atoms with Gasteiger partial charge < -0.3 is 9.30 Å². The van der Waals surface area contributed by atoms with Gasteiger partial charge in [-0.3, -0.25) is 4.98 Å². The molecule has 2 aliphatic rings. The van der Waals surface area contributed by atoms with Crippen molar-refractivity contribution in [3.05, 3.63) is 48.7 Å². The number of hydrogen-bond donors (Lipinski definition) is 0. The first-order valence-electron chi connectivity index (χ1n) is 10.3. The molecule has 0 saturated carbocycles. The number of fused-ring (bicyclic) bond motifs is 1. The predicted octanol–water partition coefficient (Wildman–Crippen LogP) is 2.43. The molecule has 1 unspecified atom stereocenters. The van der Waals surface area contributed by atoms with Gasteiger partial charge >= 0.3 is 0 Å². The maximum Gasteiger partial charge on any atom is 0.245 e. The Balaban J connectivity index is 1.58. The van der Waals surface area contributed by atoms with Gasteiger partial charge in [-0.05, 0) is 37.3 Å². The van der Waals surface area contributed by atoms with E-state index in [4.69, 9.17) is 4.74 Å². The van der Waals surface area contributed by atoms with Crippen LogP contribution in [0.4, 0.5) is 0 Å². The van der Waals surface area contributed by atoms with Gasteiger partial charge in [-0.25, -0.2) is 8.42 Å². The van der Waals surface area contributed by atoms with Gasteiger partial charge in [0.1, 0.15) is 17.0 Å². The van der Waals surface area contributed by atoms with E-state index in [0.717, 1.165) is 30.6 Å². The molecule has 2 aliphatic heterocycles. The van der Waals surface area contributed by atoms with E-state index >= 15 is 0 Å². The normalized spacial score (nSPS) is 22.1. The van der Waals surface area contributed by atoms with Crippen LogP contribution in [0.5, 0.6) is 0 Å². The second kappa shape index (κ2) is 7.40. The third-order valence-electron chi connectivity index (χ3n) is 6.62. The Morgan fingerprint density at radius 2 is 2.00 bits per heavy atom. The molecule has 8 nitrogen and oxygen atoms in total. The average molecular weight is 428 g/mol. The van der Waals surface area contributed by atoms with Crippen LogP contribution >= 0.6 is 0 Å². The predicted molar refractivity (Wildman–Crippen MR) is 111 cm³/mol. The molecule has 2 saturated heterocycles. The number of sulfonamides is 1. The Hall–Kier alpha value is -2.36. The lowest BCUT2D eigenvalue weighted by molar-refractivity contribution is 0.0130. The van der Waals surface area contributed by atoms with Crippen molar-refractivity contribution in [2.75, 3.05) is 26.3 Å². The number of aromatic nitrogens is 4. The van der Waals surface area contributed by atoms with Crippen molar-refractivity contribution in [3.63, 3.8) is 0 Å². The number of aryl methyl sites for hydroxylation is 1. The molecule has 3 aromatic rings. The summed E-state index contributed by atoms with van der Waals surface area (Å²) in [5.74, 6) is 0.856. The van der Waals surface area contributed by atoms with Crippen LogP contribution in [0.15, 0.2) is 47.8 Å². The van der Waals surface area contributed by atoms with E-state index in [-0.39, 0.29) is 16.2 Å². The Morgan fingerprint density at radius 1 is 1.20 bits per heavy atom. The molecule has 0 bridgehead atoms. The fourth-order valence-corrected chi connectivity index (χ4v) is 6.66. The maximum atomic E-state index is 13.8. The molecule has 4 heterocycles. The van der Waals surface area contributed by atoms with E-state index in [9.17, 15) is 8.42 Å². The molecule has 2 aromatic heterocycles. The first-order valence-corrected chi connectivity index (χ1v) is 11.8. The first kappa shape index (κ1) is 19.6. The van der Waals surface area contributed by atoms with Gasteiger partial charge in [0.25, 0.3) is 0 Å². The van der Waals surface area contributed by atoms with Crippen molar-refractivity contribution in [2.24, 2.45) is 5.41 Å². The van der Waals surface area contributed by atoms with Crippen LogP contribution in [0.1, 0.15) is 31.5 Å². The molecule has 5 rings (SSSR count). The number of nitrogens with zero attached hydrogens (tertiary/aromatic N) is 5. The Kier molecular flexibility index (Phi) is 4.83. The zero-order valence-electron chi connectivity index (χ0n) is 16.9. The number of para-hydroxylation sites is 1. The van der Waals surface area contributed by atoms with Crippen LogP contribution in [0.3, 0.4) is 0 Å². The third kappa shape index (κ3) is 3.03. The first-order chi connectivity index (χ1) is 14.5. The van der Waals surface area contributed by atoms with Gasteiger partial charge in [-0.2, -0.15) is 4.31 Å². The van der Waals surface area contributed by atoms with E-state index in [1.165, 1.54) is 0 Å². The minimum Gasteiger partial charge on any atom is -0.381 e. The summed E-state index contributed by atoms with van der Waals surface area (Å²) in [4.78, 5) is 4.63. The molecule has 0 N–H and O–H groups in total. The van der Waals surface area contributed by atoms with Crippen LogP contribution < -0.4 is 0 Å². The monoisotopic (exact) mass is 427 g/mol. The Labute approximate surface area is 175 Å². The Morgan fingerprint density at radius 3 is 2.80 bits per heavy atom. The van der Waals surface area contributed by atoms with Crippen molar-refractivity contribution in [2.45, 2.75) is 37.1 Å². The topological polar surface area (TPSA) is 90.2 Å². The van der Waals surface area contributed by atoms with Crippen LogP contribution in [0.25, 0.3) is 10.9 Å². The molecule has 9 heteroatoms. The quantitative estimate of drug-likeness (QED) is 0.635. The number of rotatable bonds is 4. The van der Waals surface area contributed by atoms with Gasteiger partial charge in [-0.1, -0.05) is 18.2 Å². The molecule has 2 fully saturated rings. The van der Waals surface area contributed by atoms with Crippen molar-refractivity contribution in [1.29, 1.82) is 0 Å². The summed E-state index contributed by atoms with van der Waals surface area (Å²) in [5.41, 5.74) is 0.324. The van der Waals surface area contributed by atoms with Crippen LogP contribution in [-0.2, 0) is 21.3 Å². The maximum absolute atomic E-state index is 13.8. The summed E-state index contributed by atoms with van der Waals surface area (Å²) in [6.07, 6.45) is 4.99. The zero-order chi connectivity index (χ0) is 20.8. The fourth-order valence-electron chi connectivity index (χ4n) is 4.95. The van der Waals surface area contributed by atoms with Gasteiger partial charge in [-0.15, -0.1) is 10.2 Å². The standard InChI is InChI=1S/C21H25N5O3S/c1-2-25-15-23-24-20(25)17-13-26(14-21(17)8-11-29-12-9-21)30(27,28)18-7-3-5-16-6-4-10-22-19(16)18/h3-7,10,15,17H,2,8-9,11-14H2,1H3. The van der Waals surface area contributed by atoms with Crippen molar-refractivity contribution in [1.82, 2.24) is 24.1 Å². The van der Waals surface area contributed by atoms with Crippen LogP contribution in [0, 0.1) is 5.41 Å². The average Bonchev–Trinajstić information content (AvgIpc) is 3.38. The lowest BCUT2D eigenvalue weighted by Gasteiger charge is -2.37. The molecule has 1 atom stereocenters. The summed E-state index contributed by atoms with van der Waals surface area (Å²) >= 11 is 0. The highest BCUT2D eigenvalue weighted by molar-refractivity contribution is 7.89. The van der Waals surface area contributed by atoms with E-state index in [0.29, 0.717) is 31.8 Å². The van der Waals surface area contributed by atoms with Crippen LogP contribution in [-0.4, -0.2) is 58.8 Å². The van der Waals surface area contributed by atoms with E-state index in [1.807, 2.05) is 22.8 Å². The highest BCUT2D eigenvalue weighted by Crippen LogP contribution is 2.50. The summed E-state index contributed by atoms with van der Waals surface area (Å²) in [5, 5.41) is 9.32. The molecule has 30 heavy (non-hydrogen) atoms. The van der Waals surface area contributed by atoms with E-state index < -0.39 is 10.0 Å². The van der Waals surface area contributed by atoms with Crippen molar-refractivity contribution < 1.29 is 13.2 Å². The van der Waals surface area contributed by atoms with E-state index in [1.54, 1.807) is 29.0 Å². The van der Waals surface area contributed by atoms with Gasteiger partial charge in [0.15, 0.2) is 0 Å². The minimum atomic E-state index is -3.71. The lowest BCUT2D eigenvalue weighted by Crippen LogP contribution is -2.37. The Bertz CT molecular complexity index is 1160. The minimum absolute atomic E-state index is 0.0124. The number of benzene rings is 1. The third-order valence-corrected chi connectivity index (χ3v) is 8.46. The highest BCUT2D eigenvalue weighted by Gasteiger charge is 2.53. The summed E-state index contributed by atoms with van der Waals surface area (Å²) in [7, 11) is -3.71.